The van der Waals surface area contributed by atoms with Crippen LogP contribution in [0.2, 0.25) is 0 Å². The lowest BCUT2D eigenvalue weighted by Crippen LogP contribution is -2.43. The van der Waals surface area contributed by atoms with Gasteiger partial charge in [0.2, 0.25) is 0 Å². The van der Waals surface area contributed by atoms with Crippen molar-refractivity contribution in [1.29, 1.82) is 0 Å². The van der Waals surface area contributed by atoms with Crippen molar-refractivity contribution in [2.45, 2.75) is 52.6 Å². The summed E-state index contributed by atoms with van der Waals surface area (Å²) in [6, 6.07) is 8.04. The van der Waals surface area contributed by atoms with Crippen LogP contribution < -0.4 is 0 Å². The number of hydrogen-bond donors (Lipinski definition) is 0. The van der Waals surface area contributed by atoms with Crippen molar-refractivity contribution in [2.75, 3.05) is 6.54 Å². The van der Waals surface area contributed by atoms with E-state index >= 15 is 0 Å². The fourth-order valence-electron chi connectivity index (χ4n) is 3.91. The third kappa shape index (κ3) is 3.68. The van der Waals surface area contributed by atoms with E-state index in [4.69, 9.17) is 0 Å². The fourth-order valence-corrected chi connectivity index (χ4v) is 3.91. The predicted molar refractivity (Wildman–Crippen MR) is 100 cm³/mol. The standard InChI is InChI=1S/C21H25F2N3/c1-13-7-5-6-8-18(13)19-9-14(2)26(12-20(22)23)21(15(19)3)17-10-24-16(4)25-11-17/h5-8,10-11,14,20-21H,9,12H2,1-4H3/t14-,21+/m1/s1. The molecule has 0 saturated heterocycles. The lowest BCUT2D eigenvalue weighted by atomic mass is 9.82. The summed E-state index contributed by atoms with van der Waals surface area (Å²) in [6.07, 6.45) is 1.91. The lowest BCUT2D eigenvalue weighted by Gasteiger charge is -2.42. The van der Waals surface area contributed by atoms with E-state index in [0.717, 1.165) is 17.6 Å². The lowest BCUT2D eigenvalue weighted by molar-refractivity contribution is 0.0483. The summed E-state index contributed by atoms with van der Waals surface area (Å²) in [5.41, 5.74) is 5.62. The maximum Gasteiger partial charge on any atom is 0.251 e. The Bertz CT molecular complexity index is 799. The summed E-state index contributed by atoms with van der Waals surface area (Å²) in [6.45, 7) is 7.74. The van der Waals surface area contributed by atoms with Crippen LogP contribution >= 0.6 is 0 Å². The van der Waals surface area contributed by atoms with Crippen LogP contribution in [0.5, 0.6) is 0 Å². The Morgan fingerprint density at radius 1 is 1.12 bits per heavy atom. The van der Waals surface area contributed by atoms with Gasteiger partial charge in [-0.25, -0.2) is 18.7 Å². The zero-order valence-electron chi connectivity index (χ0n) is 15.7. The average molecular weight is 357 g/mol. The monoisotopic (exact) mass is 357 g/mol. The van der Waals surface area contributed by atoms with Crippen LogP contribution in [-0.2, 0) is 0 Å². The van der Waals surface area contributed by atoms with Crippen LogP contribution in [0.4, 0.5) is 8.78 Å². The Morgan fingerprint density at radius 3 is 2.38 bits per heavy atom. The van der Waals surface area contributed by atoms with E-state index in [-0.39, 0.29) is 18.6 Å². The molecule has 0 amide bonds. The van der Waals surface area contributed by atoms with E-state index in [2.05, 4.69) is 35.9 Å². The van der Waals surface area contributed by atoms with Crippen LogP contribution in [-0.4, -0.2) is 33.9 Å². The minimum Gasteiger partial charge on any atom is -0.284 e. The SMILES string of the molecule is CC1=C(c2ccccc2C)C[C@@H](C)N(CC(F)F)[C@@H]1c1cnc(C)nc1. The van der Waals surface area contributed by atoms with Crippen molar-refractivity contribution in [2.24, 2.45) is 0 Å². The highest BCUT2D eigenvalue weighted by molar-refractivity contribution is 5.73. The van der Waals surface area contributed by atoms with Gasteiger partial charge in [0.1, 0.15) is 5.82 Å². The molecule has 0 unspecified atom stereocenters. The Hall–Kier alpha value is -2.14. The zero-order chi connectivity index (χ0) is 18.8. The van der Waals surface area contributed by atoms with Gasteiger partial charge in [0.15, 0.2) is 0 Å². The topological polar surface area (TPSA) is 29.0 Å². The number of halogens is 2. The van der Waals surface area contributed by atoms with Crippen LogP contribution in [0.25, 0.3) is 5.57 Å². The molecule has 0 aliphatic carbocycles. The number of nitrogens with zero attached hydrogens (tertiary/aromatic N) is 3. The largest absolute Gasteiger partial charge is 0.284 e. The molecule has 0 spiro atoms. The molecular formula is C21H25F2N3. The van der Waals surface area contributed by atoms with Gasteiger partial charge in [-0.1, -0.05) is 24.3 Å². The molecule has 0 N–H and O–H groups in total. The normalized spacial score (nSPS) is 21.5. The Kier molecular flexibility index (Phi) is 5.47. The van der Waals surface area contributed by atoms with E-state index in [0.29, 0.717) is 5.82 Å². The van der Waals surface area contributed by atoms with Gasteiger partial charge < -0.3 is 0 Å². The molecular weight excluding hydrogens is 332 g/mol. The van der Waals surface area contributed by atoms with E-state index in [1.54, 1.807) is 12.4 Å². The first-order valence-corrected chi connectivity index (χ1v) is 8.96. The van der Waals surface area contributed by atoms with Crippen molar-refractivity contribution in [3.63, 3.8) is 0 Å². The molecule has 2 aromatic rings. The summed E-state index contributed by atoms with van der Waals surface area (Å²) >= 11 is 0. The van der Waals surface area contributed by atoms with Crippen LogP contribution in [0.3, 0.4) is 0 Å². The molecule has 1 aliphatic heterocycles. The Morgan fingerprint density at radius 2 is 1.77 bits per heavy atom. The van der Waals surface area contributed by atoms with E-state index in [1.165, 1.54) is 16.7 Å². The second-order valence-corrected chi connectivity index (χ2v) is 7.08. The third-order valence-corrected chi connectivity index (χ3v) is 5.22. The molecule has 0 saturated carbocycles. The molecule has 1 aromatic heterocycles. The maximum absolute atomic E-state index is 13.3. The molecule has 0 bridgehead atoms. The molecule has 5 heteroatoms. The second-order valence-electron chi connectivity index (χ2n) is 7.08. The van der Waals surface area contributed by atoms with Crippen molar-refractivity contribution in [1.82, 2.24) is 14.9 Å². The smallest absolute Gasteiger partial charge is 0.251 e. The van der Waals surface area contributed by atoms with Crippen LogP contribution in [0.15, 0.2) is 42.2 Å². The second kappa shape index (κ2) is 7.62. The number of alkyl halides is 2. The zero-order valence-corrected chi connectivity index (χ0v) is 15.7. The molecule has 1 aromatic carbocycles. The highest BCUT2D eigenvalue weighted by Gasteiger charge is 2.35. The first kappa shape index (κ1) is 18.6. The summed E-state index contributed by atoms with van der Waals surface area (Å²) in [7, 11) is 0. The minimum atomic E-state index is -2.38. The number of rotatable bonds is 4. The maximum atomic E-state index is 13.3. The molecule has 138 valence electrons. The molecule has 3 rings (SSSR count). The van der Waals surface area contributed by atoms with Crippen molar-refractivity contribution >= 4 is 5.57 Å². The molecule has 0 fully saturated rings. The van der Waals surface area contributed by atoms with E-state index in [9.17, 15) is 8.78 Å². The number of aryl methyl sites for hydroxylation is 2. The van der Waals surface area contributed by atoms with Gasteiger partial charge in [-0.05, 0) is 56.4 Å². The van der Waals surface area contributed by atoms with Gasteiger partial charge in [0.25, 0.3) is 6.43 Å². The first-order valence-electron chi connectivity index (χ1n) is 8.96. The Labute approximate surface area is 153 Å². The van der Waals surface area contributed by atoms with Gasteiger partial charge in [0.05, 0.1) is 12.6 Å². The van der Waals surface area contributed by atoms with Gasteiger partial charge in [-0.3, -0.25) is 4.90 Å². The number of aromatic nitrogens is 2. The molecule has 3 nitrogen and oxygen atoms in total. The van der Waals surface area contributed by atoms with Gasteiger partial charge in [-0.2, -0.15) is 0 Å². The average Bonchev–Trinajstić information content (AvgIpc) is 2.60. The van der Waals surface area contributed by atoms with Crippen LogP contribution in [0, 0.1) is 13.8 Å². The molecule has 2 atom stereocenters. The molecule has 26 heavy (non-hydrogen) atoms. The van der Waals surface area contributed by atoms with Crippen molar-refractivity contribution < 1.29 is 8.78 Å². The fraction of sp³-hybridized carbons (Fsp3) is 0.429. The van der Waals surface area contributed by atoms with Gasteiger partial charge in [-0.15, -0.1) is 0 Å². The quantitative estimate of drug-likeness (QED) is 0.774. The molecule has 2 heterocycles. The van der Waals surface area contributed by atoms with E-state index < -0.39 is 6.43 Å². The highest BCUT2D eigenvalue weighted by Crippen LogP contribution is 2.42. The summed E-state index contributed by atoms with van der Waals surface area (Å²) < 4.78 is 26.5. The highest BCUT2D eigenvalue weighted by atomic mass is 19.3. The van der Waals surface area contributed by atoms with E-state index in [1.807, 2.05) is 30.9 Å². The third-order valence-electron chi connectivity index (χ3n) is 5.22. The van der Waals surface area contributed by atoms with Gasteiger partial charge >= 0.3 is 0 Å². The van der Waals surface area contributed by atoms with Gasteiger partial charge in [0, 0.05) is 24.0 Å². The summed E-state index contributed by atoms with van der Waals surface area (Å²) in [5.74, 6) is 0.679. The minimum absolute atomic E-state index is 0.00797. The summed E-state index contributed by atoms with van der Waals surface area (Å²) in [5, 5.41) is 0. The van der Waals surface area contributed by atoms with Crippen molar-refractivity contribution in [3.05, 3.63) is 64.7 Å². The van der Waals surface area contributed by atoms with Crippen LogP contribution in [0.1, 0.15) is 48.8 Å². The summed E-state index contributed by atoms with van der Waals surface area (Å²) in [4.78, 5) is 10.5. The van der Waals surface area contributed by atoms with Crippen molar-refractivity contribution in [3.8, 4) is 0 Å². The predicted octanol–water partition coefficient (Wildman–Crippen LogP) is 4.97. The number of benzene rings is 1. The Balaban J connectivity index is 2.13. The first-order chi connectivity index (χ1) is 12.4. The molecule has 1 aliphatic rings. The number of hydrogen-bond acceptors (Lipinski definition) is 3. The molecule has 0 radical (unpaired) electrons.